The highest BCUT2D eigenvalue weighted by Gasteiger charge is 2.45. The number of aliphatic hydroxyl groups excluding tert-OH is 2. The van der Waals surface area contributed by atoms with Crippen LogP contribution in [0.3, 0.4) is 0 Å². The van der Waals surface area contributed by atoms with Crippen LogP contribution in [-0.2, 0) is 13.8 Å². The van der Waals surface area contributed by atoms with Crippen molar-refractivity contribution in [2.24, 2.45) is 0 Å². The summed E-state index contributed by atoms with van der Waals surface area (Å²) in [6, 6.07) is 1.63. The average molecular weight is 425 g/mol. The number of fused-ring (bicyclic) bond motifs is 1. The van der Waals surface area contributed by atoms with Crippen LogP contribution in [0.5, 0.6) is 0 Å². The van der Waals surface area contributed by atoms with Gasteiger partial charge < -0.3 is 30.5 Å². The molecule has 132 valence electrons. The Morgan fingerprint density at radius 2 is 2.08 bits per heavy atom. The number of anilines is 1. The molecule has 6 N–H and O–H groups in total. The minimum atomic E-state index is -4.73. The van der Waals surface area contributed by atoms with Crippen LogP contribution in [-0.4, -0.2) is 59.5 Å². The highest BCUT2D eigenvalue weighted by molar-refractivity contribution is 9.10. The van der Waals surface area contributed by atoms with E-state index >= 15 is 0 Å². The van der Waals surface area contributed by atoms with Gasteiger partial charge in [-0.25, -0.2) is 14.5 Å². The first-order valence-electron chi connectivity index (χ1n) is 6.67. The summed E-state index contributed by atoms with van der Waals surface area (Å²) in [5.74, 6) is 0.230. The molecule has 1 aliphatic rings. The summed E-state index contributed by atoms with van der Waals surface area (Å²) in [6.07, 6.45) is -3.75. The van der Waals surface area contributed by atoms with Gasteiger partial charge in [0.2, 0.25) is 0 Å². The fourth-order valence-electron chi connectivity index (χ4n) is 2.51. The summed E-state index contributed by atoms with van der Waals surface area (Å²) in [5.41, 5.74) is 6.14. The summed E-state index contributed by atoms with van der Waals surface area (Å²) in [5, 5.41) is 20.8. The standard InChI is InChI=1S/C11H14BrN4O7P/c12-6-1-4-9(13)14-3-15-10(4)16(6)11-8(18)7(17)5(23-11)2-22-24(19,20)21/h1,3,5,7-8,11,17-18H,2H2,(H2,13,14,15)(H2,19,20,21)/t5-,7-,8-,11-/m1/s1. The van der Waals surface area contributed by atoms with Crippen LogP contribution in [0.4, 0.5) is 5.82 Å². The summed E-state index contributed by atoms with van der Waals surface area (Å²) >= 11 is 3.30. The quantitative estimate of drug-likeness (QED) is 0.402. The maximum Gasteiger partial charge on any atom is 0.469 e. The molecule has 0 saturated carbocycles. The van der Waals surface area contributed by atoms with Gasteiger partial charge in [-0.05, 0) is 22.0 Å². The maximum absolute atomic E-state index is 10.8. The van der Waals surface area contributed by atoms with Crippen LogP contribution in [0, 0.1) is 0 Å². The zero-order chi connectivity index (χ0) is 17.6. The molecular weight excluding hydrogens is 411 g/mol. The number of rotatable bonds is 4. The zero-order valence-corrected chi connectivity index (χ0v) is 14.4. The van der Waals surface area contributed by atoms with Gasteiger partial charge in [0.15, 0.2) is 6.23 Å². The smallest absolute Gasteiger partial charge is 0.387 e. The third-order valence-corrected chi connectivity index (χ3v) is 4.71. The van der Waals surface area contributed by atoms with Crippen molar-refractivity contribution in [2.45, 2.75) is 24.5 Å². The van der Waals surface area contributed by atoms with E-state index in [1.54, 1.807) is 6.07 Å². The Bertz CT molecular complexity index is 811. The van der Waals surface area contributed by atoms with E-state index in [0.717, 1.165) is 0 Å². The van der Waals surface area contributed by atoms with Crippen LogP contribution in [0.15, 0.2) is 17.0 Å². The predicted octanol–water partition coefficient (Wildman–Crippen LogP) is -0.495. The highest BCUT2D eigenvalue weighted by Crippen LogP contribution is 2.40. The number of nitrogens with two attached hydrogens (primary N) is 1. The Morgan fingerprint density at radius 1 is 1.38 bits per heavy atom. The summed E-state index contributed by atoms with van der Waals surface area (Å²) < 4.78 is 22.6. The van der Waals surface area contributed by atoms with Gasteiger partial charge in [0.1, 0.15) is 36.1 Å². The van der Waals surface area contributed by atoms with Gasteiger partial charge in [-0.3, -0.25) is 9.09 Å². The fourth-order valence-corrected chi connectivity index (χ4v) is 3.45. The molecule has 1 aliphatic heterocycles. The topological polar surface area (TPSA) is 173 Å². The average Bonchev–Trinajstić information content (AvgIpc) is 2.96. The van der Waals surface area contributed by atoms with Crippen LogP contribution in [0.1, 0.15) is 6.23 Å². The minimum Gasteiger partial charge on any atom is -0.387 e. The third kappa shape index (κ3) is 3.19. The molecule has 3 rings (SSSR count). The lowest BCUT2D eigenvalue weighted by molar-refractivity contribution is -0.0510. The molecule has 2 aromatic rings. The van der Waals surface area contributed by atoms with E-state index in [9.17, 15) is 14.8 Å². The van der Waals surface area contributed by atoms with Crippen molar-refractivity contribution in [3.63, 3.8) is 0 Å². The molecule has 24 heavy (non-hydrogen) atoms. The van der Waals surface area contributed by atoms with Crippen molar-refractivity contribution >= 4 is 40.6 Å². The van der Waals surface area contributed by atoms with Crippen molar-refractivity contribution in [3.8, 4) is 0 Å². The Labute approximate surface area is 143 Å². The number of aliphatic hydroxyl groups is 2. The van der Waals surface area contributed by atoms with Crippen molar-refractivity contribution in [2.75, 3.05) is 12.3 Å². The second-order valence-electron chi connectivity index (χ2n) is 5.17. The lowest BCUT2D eigenvalue weighted by atomic mass is 10.1. The number of halogens is 1. The van der Waals surface area contributed by atoms with E-state index in [2.05, 4.69) is 30.4 Å². The van der Waals surface area contributed by atoms with E-state index < -0.39 is 39.0 Å². The van der Waals surface area contributed by atoms with E-state index in [-0.39, 0.29) is 5.82 Å². The molecule has 2 aromatic heterocycles. The molecule has 4 atom stereocenters. The maximum atomic E-state index is 10.8. The molecular formula is C11H14BrN4O7P. The highest BCUT2D eigenvalue weighted by atomic mass is 79.9. The molecule has 0 bridgehead atoms. The van der Waals surface area contributed by atoms with Crippen LogP contribution in [0.2, 0.25) is 0 Å². The summed E-state index contributed by atoms with van der Waals surface area (Å²) in [6.45, 7) is -0.590. The summed E-state index contributed by atoms with van der Waals surface area (Å²) in [7, 11) is -4.73. The van der Waals surface area contributed by atoms with Gasteiger partial charge >= 0.3 is 7.82 Å². The molecule has 0 aromatic carbocycles. The Balaban J connectivity index is 1.92. The van der Waals surface area contributed by atoms with Crippen molar-refractivity contribution in [3.05, 3.63) is 17.0 Å². The fraction of sp³-hybridized carbons (Fsp3) is 0.455. The number of aromatic nitrogens is 3. The molecule has 11 nitrogen and oxygen atoms in total. The molecule has 0 radical (unpaired) electrons. The van der Waals surface area contributed by atoms with Crippen molar-refractivity contribution in [1.29, 1.82) is 0 Å². The molecule has 1 saturated heterocycles. The van der Waals surface area contributed by atoms with Gasteiger partial charge in [-0.15, -0.1) is 0 Å². The normalized spacial score (nSPS) is 27.9. The molecule has 0 aliphatic carbocycles. The van der Waals surface area contributed by atoms with Crippen LogP contribution in [0.25, 0.3) is 11.0 Å². The number of ether oxygens (including phenoxy) is 1. The molecule has 1 fully saturated rings. The number of nitrogen functional groups attached to an aromatic ring is 1. The second kappa shape index (κ2) is 6.32. The second-order valence-corrected chi connectivity index (χ2v) is 7.22. The van der Waals surface area contributed by atoms with E-state index in [1.807, 2.05) is 0 Å². The third-order valence-electron chi connectivity index (χ3n) is 3.61. The number of nitrogens with zero attached hydrogens (tertiary/aromatic N) is 3. The van der Waals surface area contributed by atoms with Crippen LogP contribution < -0.4 is 5.73 Å². The SMILES string of the molecule is Nc1ncnc2c1cc(Br)n2[C@@H]1O[C@H](COP(=O)(O)O)[C@@H](O)[C@H]1O. The Hall–Kier alpha value is -1.11. The van der Waals surface area contributed by atoms with Gasteiger partial charge in [-0.2, -0.15) is 0 Å². The van der Waals surface area contributed by atoms with Gasteiger partial charge in [0, 0.05) is 0 Å². The van der Waals surface area contributed by atoms with E-state index in [1.165, 1.54) is 10.9 Å². The predicted molar refractivity (Wildman–Crippen MR) is 83.6 cm³/mol. The number of phosphoric ester groups is 1. The van der Waals surface area contributed by atoms with E-state index in [0.29, 0.717) is 15.6 Å². The summed E-state index contributed by atoms with van der Waals surface area (Å²) in [4.78, 5) is 25.4. The lowest BCUT2D eigenvalue weighted by Crippen LogP contribution is -2.33. The van der Waals surface area contributed by atoms with Gasteiger partial charge in [0.25, 0.3) is 0 Å². The van der Waals surface area contributed by atoms with E-state index in [4.69, 9.17) is 20.3 Å². The lowest BCUT2D eigenvalue weighted by Gasteiger charge is -2.18. The van der Waals surface area contributed by atoms with Gasteiger partial charge in [0.05, 0.1) is 16.6 Å². The first kappa shape index (κ1) is 17.7. The zero-order valence-electron chi connectivity index (χ0n) is 11.9. The van der Waals surface area contributed by atoms with Crippen molar-refractivity contribution in [1.82, 2.24) is 14.5 Å². The number of hydrogen-bond acceptors (Lipinski definition) is 8. The molecule has 3 heterocycles. The molecule has 0 spiro atoms. The molecule has 0 unspecified atom stereocenters. The Kier molecular flexibility index (Phi) is 4.66. The molecule has 13 heteroatoms. The first-order valence-corrected chi connectivity index (χ1v) is 9.00. The largest absolute Gasteiger partial charge is 0.469 e. The Morgan fingerprint density at radius 3 is 2.75 bits per heavy atom. The van der Waals surface area contributed by atoms with Crippen LogP contribution >= 0.6 is 23.8 Å². The van der Waals surface area contributed by atoms with Gasteiger partial charge in [-0.1, -0.05) is 0 Å². The molecule has 0 amide bonds. The first-order chi connectivity index (χ1) is 11.2. The number of hydrogen-bond donors (Lipinski definition) is 5. The monoisotopic (exact) mass is 424 g/mol. The van der Waals surface area contributed by atoms with Crippen molar-refractivity contribution < 1.29 is 33.8 Å². The minimum absolute atomic E-state index is 0.230. The number of phosphoric acid groups is 1.